The van der Waals surface area contributed by atoms with Gasteiger partial charge in [0.05, 0.1) is 0 Å². The van der Waals surface area contributed by atoms with E-state index in [-0.39, 0.29) is 13.2 Å². The van der Waals surface area contributed by atoms with E-state index in [0.717, 1.165) is 0 Å². The molecule has 0 aromatic carbocycles. The predicted octanol–water partition coefficient (Wildman–Crippen LogP) is -1.61. The van der Waals surface area contributed by atoms with Gasteiger partial charge in [-0.25, -0.2) is 0 Å². The van der Waals surface area contributed by atoms with Gasteiger partial charge in [0.1, 0.15) is 31.0 Å². The van der Waals surface area contributed by atoms with Crippen molar-refractivity contribution in [2.24, 2.45) is 0 Å². The van der Waals surface area contributed by atoms with Crippen molar-refractivity contribution >= 4 is 5.97 Å². The van der Waals surface area contributed by atoms with E-state index in [1.54, 1.807) is 6.92 Å². The lowest BCUT2D eigenvalue weighted by Gasteiger charge is -2.39. The predicted molar refractivity (Wildman–Crippen MR) is 54.9 cm³/mol. The Labute approximate surface area is 98.9 Å². The minimum absolute atomic E-state index is 0.205. The van der Waals surface area contributed by atoms with Gasteiger partial charge in [0.15, 0.2) is 6.29 Å². The molecule has 1 saturated heterocycles. The van der Waals surface area contributed by atoms with E-state index >= 15 is 0 Å². The first-order chi connectivity index (χ1) is 7.97. The number of hydrogen-bond donors (Lipinski definition) is 3. The maximum Gasteiger partial charge on any atom is 0.302 e. The van der Waals surface area contributed by atoms with Crippen LogP contribution in [0.25, 0.3) is 0 Å². The second-order valence-corrected chi connectivity index (χ2v) is 3.77. The minimum Gasteiger partial charge on any atom is -0.463 e. The second-order valence-electron chi connectivity index (χ2n) is 3.77. The van der Waals surface area contributed by atoms with Gasteiger partial charge in [-0.1, -0.05) is 0 Å². The van der Waals surface area contributed by atoms with Gasteiger partial charge < -0.3 is 29.5 Å². The van der Waals surface area contributed by atoms with Crippen molar-refractivity contribution < 1.29 is 34.3 Å². The zero-order valence-electron chi connectivity index (χ0n) is 9.78. The van der Waals surface area contributed by atoms with Crippen LogP contribution < -0.4 is 0 Å². The van der Waals surface area contributed by atoms with Crippen LogP contribution in [0.2, 0.25) is 0 Å². The number of aliphatic hydroxyl groups is 3. The van der Waals surface area contributed by atoms with Crippen LogP contribution in [0.5, 0.6) is 0 Å². The number of ether oxygens (including phenoxy) is 3. The average Bonchev–Trinajstić information content (AvgIpc) is 2.28. The lowest BCUT2D eigenvalue weighted by molar-refractivity contribution is -0.300. The molecule has 0 spiro atoms. The molecule has 1 rings (SSSR count). The highest BCUT2D eigenvalue weighted by molar-refractivity contribution is 5.65. The first kappa shape index (κ1) is 14.3. The topological polar surface area (TPSA) is 105 Å². The van der Waals surface area contributed by atoms with Gasteiger partial charge in [0.2, 0.25) is 0 Å². The fraction of sp³-hybridized carbons (Fsp3) is 0.900. The van der Waals surface area contributed by atoms with Gasteiger partial charge in [-0.3, -0.25) is 4.79 Å². The van der Waals surface area contributed by atoms with E-state index in [0.29, 0.717) is 0 Å². The van der Waals surface area contributed by atoms with Crippen molar-refractivity contribution in [3.8, 4) is 0 Å². The van der Waals surface area contributed by atoms with E-state index in [9.17, 15) is 20.1 Å². The molecule has 0 radical (unpaired) electrons. The number of carbonyl (C=O) groups excluding carboxylic acids is 1. The van der Waals surface area contributed by atoms with E-state index in [4.69, 9.17) is 9.47 Å². The van der Waals surface area contributed by atoms with Crippen molar-refractivity contribution in [2.45, 2.75) is 44.6 Å². The quantitative estimate of drug-likeness (QED) is 0.516. The summed E-state index contributed by atoms with van der Waals surface area (Å²) in [6.45, 7) is 3.00. The Morgan fingerprint density at radius 3 is 2.41 bits per heavy atom. The molecule has 1 unspecified atom stereocenters. The summed E-state index contributed by atoms with van der Waals surface area (Å²) in [6.07, 6.45) is -6.03. The van der Waals surface area contributed by atoms with E-state index < -0.39 is 36.7 Å². The number of rotatable bonds is 4. The summed E-state index contributed by atoms with van der Waals surface area (Å²) in [6, 6.07) is 0. The molecule has 0 bridgehead atoms. The first-order valence-electron chi connectivity index (χ1n) is 5.42. The maximum absolute atomic E-state index is 10.6. The Balaban J connectivity index is 2.60. The molecular formula is C10H18O7. The van der Waals surface area contributed by atoms with Crippen molar-refractivity contribution in [3.63, 3.8) is 0 Å². The molecule has 7 nitrogen and oxygen atoms in total. The standard InChI is InChI=1S/C10H18O7/c1-3-15-10-9(14)8(13)7(12)6(17-10)4-16-5(2)11/h6-10,12-14H,3-4H2,1-2H3/t6-,7-,8+,9-,10?/m1/s1. The fourth-order valence-corrected chi connectivity index (χ4v) is 1.56. The molecule has 1 aliphatic heterocycles. The Hall–Kier alpha value is -0.730. The van der Waals surface area contributed by atoms with Crippen LogP contribution in [-0.2, 0) is 19.0 Å². The van der Waals surface area contributed by atoms with Crippen LogP contribution in [0, 0.1) is 0 Å². The molecule has 0 aromatic heterocycles. The molecule has 0 aliphatic carbocycles. The van der Waals surface area contributed by atoms with Gasteiger partial charge in [-0.05, 0) is 6.92 Å². The van der Waals surface area contributed by atoms with Crippen LogP contribution in [0.15, 0.2) is 0 Å². The lowest BCUT2D eigenvalue weighted by Crippen LogP contribution is -2.59. The van der Waals surface area contributed by atoms with Crippen molar-refractivity contribution in [3.05, 3.63) is 0 Å². The molecule has 1 aliphatic rings. The van der Waals surface area contributed by atoms with Gasteiger partial charge in [-0.15, -0.1) is 0 Å². The number of aliphatic hydroxyl groups excluding tert-OH is 3. The molecule has 0 aromatic rings. The van der Waals surface area contributed by atoms with Gasteiger partial charge >= 0.3 is 5.97 Å². The summed E-state index contributed by atoms with van der Waals surface area (Å²) in [5, 5.41) is 28.8. The summed E-state index contributed by atoms with van der Waals surface area (Å²) >= 11 is 0. The van der Waals surface area contributed by atoms with Crippen molar-refractivity contribution in [2.75, 3.05) is 13.2 Å². The highest BCUT2D eigenvalue weighted by Crippen LogP contribution is 2.22. The highest BCUT2D eigenvalue weighted by Gasteiger charge is 2.44. The van der Waals surface area contributed by atoms with Crippen LogP contribution in [-0.4, -0.2) is 65.2 Å². The van der Waals surface area contributed by atoms with Crippen LogP contribution in [0.1, 0.15) is 13.8 Å². The Morgan fingerprint density at radius 2 is 1.88 bits per heavy atom. The number of esters is 1. The smallest absolute Gasteiger partial charge is 0.302 e. The Morgan fingerprint density at radius 1 is 1.24 bits per heavy atom. The minimum atomic E-state index is -1.40. The van der Waals surface area contributed by atoms with Gasteiger partial charge in [-0.2, -0.15) is 0 Å². The zero-order chi connectivity index (χ0) is 13.0. The molecule has 17 heavy (non-hydrogen) atoms. The average molecular weight is 250 g/mol. The Kier molecular flexibility index (Phi) is 5.29. The molecule has 0 saturated carbocycles. The van der Waals surface area contributed by atoms with E-state index in [1.165, 1.54) is 6.92 Å². The third-order valence-electron chi connectivity index (χ3n) is 2.45. The highest BCUT2D eigenvalue weighted by atomic mass is 16.7. The third-order valence-corrected chi connectivity index (χ3v) is 2.45. The maximum atomic E-state index is 10.6. The van der Waals surface area contributed by atoms with Crippen molar-refractivity contribution in [1.82, 2.24) is 0 Å². The molecule has 1 fully saturated rings. The first-order valence-corrected chi connectivity index (χ1v) is 5.42. The molecule has 1 heterocycles. The summed E-state index contributed by atoms with van der Waals surface area (Å²) in [4.78, 5) is 10.6. The van der Waals surface area contributed by atoms with E-state index in [1.807, 2.05) is 0 Å². The van der Waals surface area contributed by atoms with Crippen LogP contribution in [0.4, 0.5) is 0 Å². The Bertz CT molecular complexity index is 257. The normalized spacial score (nSPS) is 37.8. The van der Waals surface area contributed by atoms with Crippen molar-refractivity contribution in [1.29, 1.82) is 0 Å². The second kappa shape index (κ2) is 6.27. The molecule has 0 amide bonds. The van der Waals surface area contributed by atoms with Crippen LogP contribution in [0.3, 0.4) is 0 Å². The number of carbonyl (C=O) groups is 1. The summed E-state index contributed by atoms with van der Waals surface area (Å²) in [5.74, 6) is -0.519. The monoisotopic (exact) mass is 250 g/mol. The third kappa shape index (κ3) is 3.62. The summed E-state index contributed by atoms with van der Waals surface area (Å²) in [7, 11) is 0. The van der Waals surface area contributed by atoms with E-state index in [2.05, 4.69) is 4.74 Å². The van der Waals surface area contributed by atoms with Gasteiger partial charge in [0, 0.05) is 13.5 Å². The van der Waals surface area contributed by atoms with Crippen LogP contribution >= 0.6 is 0 Å². The molecular weight excluding hydrogens is 232 g/mol. The molecule has 3 N–H and O–H groups in total. The number of hydrogen-bond acceptors (Lipinski definition) is 7. The summed E-state index contributed by atoms with van der Waals surface area (Å²) < 4.78 is 15.0. The zero-order valence-corrected chi connectivity index (χ0v) is 9.78. The largest absolute Gasteiger partial charge is 0.463 e. The fourth-order valence-electron chi connectivity index (χ4n) is 1.56. The lowest BCUT2D eigenvalue weighted by atomic mass is 9.99. The molecule has 7 heteroatoms. The summed E-state index contributed by atoms with van der Waals surface area (Å²) in [5.41, 5.74) is 0. The SMILES string of the molecule is CCOC1O[C@H](COC(C)=O)[C@@H](O)[C@H](O)[C@H]1O. The molecule has 5 atom stereocenters. The molecule has 100 valence electrons. The van der Waals surface area contributed by atoms with Gasteiger partial charge in [0.25, 0.3) is 0 Å².